The van der Waals surface area contributed by atoms with Crippen LogP contribution in [0.2, 0.25) is 0 Å². The summed E-state index contributed by atoms with van der Waals surface area (Å²) in [4.78, 5) is 16.6. The Labute approximate surface area is 165 Å². The number of hydrogen-bond donors (Lipinski definition) is 1. The van der Waals surface area contributed by atoms with Crippen molar-refractivity contribution in [2.45, 2.75) is 20.0 Å². The van der Waals surface area contributed by atoms with E-state index in [-0.39, 0.29) is 37.4 Å². The number of carbonyl (C=O) groups excluding carboxylic acids is 1. The first-order valence-corrected chi connectivity index (χ1v) is 9.01. The highest BCUT2D eigenvalue weighted by Crippen LogP contribution is 2.29. The molecular formula is C20H18F2N4O3. The van der Waals surface area contributed by atoms with Gasteiger partial charge in [-0.25, -0.2) is 18.4 Å². The first kappa shape index (κ1) is 19.0. The first-order chi connectivity index (χ1) is 14.0. The molecule has 0 fully saturated rings. The highest BCUT2D eigenvalue weighted by atomic mass is 19.1. The molecule has 0 bridgehead atoms. The Hall–Kier alpha value is -3.33. The largest absolute Gasteiger partial charge is 0.467 e. The average molecular weight is 400 g/mol. The minimum atomic E-state index is -0.455. The lowest BCUT2D eigenvalue weighted by molar-refractivity contribution is -0.0172. The number of benzene rings is 2. The van der Waals surface area contributed by atoms with E-state index in [4.69, 9.17) is 9.47 Å². The van der Waals surface area contributed by atoms with Crippen molar-refractivity contribution >= 4 is 5.91 Å². The summed E-state index contributed by atoms with van der Waals surface area (Å²) in [5.41, 5.74) is 1.90. The maximum atomic E-state index is 13.8. The maximum Gasteiger partial charge on any atom is 0.290 e. The van der Waals surface area contributed by atoms with Crippen LogP contribution in [0.5, 0.6) is 5.75 Å². The van der Waals surface area contributed by atoms with E-state index in [0.717, 1.165) is 0 Å². The molecule has 1 aliphatic heterocycles. The summed E-state index contributed by atoms with van der Waals surface area (Å²) in [6, 6.07) is 8.49. The van der Waals surface area contributed by atoms with Crippen molar-refractivity contribution in [3.63, 3.8) is 0 Å². The minimum Gasteiger partial charge on any atom is -0.467 e. The maximum absolute atomic E-state index is 13.8. The smallest absolute Gasteiger partial charge is 0.290 e. The van der Waals surface area contributed by atoms with Crippen LogP contribution in [0, 0.1) is 18.6 Å². The van der Waals surface area contributed by atoms with E-state index >= 15 is 0 Å². The van der Waals surface area contributed by atoms with Gasteiger partial charge < -0.3 is 14.8 Å². The van der Waals surface area contributed by atoms with Crippen LogP contribution < -0.4 is 10.1 Å². The molecule has 7 nitrogen and oxygen atoms in total. The number of aryl methyl sites for hydroxylation is 1. The van der Waals surface area contributed by atoms with Crippen LogP contribution in [-0.2, 0) is 17.8 Å². The minimum absolute atomic E-state index is 0.00209. The van der Waals surface area contributed by atoms with Gasteiger partial charge in [0.25, 0.3) is 5.91 Å². The molecule has 2 heterocycles. The summed E-state index contributed by atoms with van der Waals surface area (Å²) >= 11 is 0. The summed E-state index contributed by atoms with van der Waals surface area (Å²) in [7, 11) is 0. The van der Waals surface area contributed by atoms with Crippen molar-refractivity contribution in [3.8, 4) is 11.4 Å². The van der Waals surface area contributed by atoms with Crippen molar-refractivity contribution in [1.82, 2.24) is 20.1 Å². The molecule has 150 valence electrons. The van der Waals surface area contributed by atoms with E-state index in [1.54, 1.807) is 19.1 Å². The van der Waals surface area contributed by atoms with Crippen LogP contribution in [0.1, 0.15) is 27.6 Å². The Morgan fingerprint density at radius 2 is 2.00 bits per heavy atom. The lowest BCUT2D eigenvalue weighted by Crippen LogP contribution is -2.27. The predicted molar refractivity (Wildman–Crippen MR) is 98.8 cm³/mol. The number of fused-ring (bicyclic) bond motifs is 1. The molecule has 0 unspecified atom stereocenters. The number of aromatic nitrogens is 3. The number of rotatable bonds is 5. The first-order valence-electron chi connectivity index (χ1n) is 9.01. The number of halogens is 2. The number of carbonyl (C=O) groups is 1. The van der Waals surface area contributed by atoms with E-state index in [1.165, 1.54) is 28.9 Å². The van der Waals surface area contributed by atoms with Gasteiger partial charge in [0.05, 0.1) is 12.3 Å². The SMILES string of the molecule is Cc1nc(C(=O)NCCc2cc(F)cc3c2OCOC3)nn1-c1ccc(F)cc1. The molecule has 0 aliphatic carbocycles. The Morgan fingerprint density at radius 3 is 2.79 bits per heavy atom. The second kappa shape index (κ2) is 7.96. The van der Waals surface area contributed by atoms with Gasteiger partial charge >= 0.3 is 0 Å². The monoisotopic (exact) mass is 400 g/mol. The summed E-state index contributed by atoms with van der Waals surface area (Å²) in [6.45, 7) is 2.35. The van der Waals surface area contributed by atoms with Gasteiger partial charge in [-0.2, -0.15) is 0 Å². The highest BCUT2D eigenvalue weighted by Gasteiger charge is 2.18. The Balaban J connectivity index is 1.43. The fourth-order valence-corrected chi connectivity index (χ4v) is 3.15. The lowest BCUT2D eigenvalue weighted by Gasteiger charge is -2.20. The molecule has 1 aliphatic rings. The van der Waals surface area contributed by atoms with E-state index in [9.17, 15) is 13.6 Å². The second-order valence-electron chi connectivity index (χ2n) is 6.54. The van der Waals surface area contributed by atoms with Crippen LogP contribution in [0.15, 0.2) is 36.4 Å². The average Bonchev–Trinajstić information content (AvgIpc) is 3.10. The van der Waals surface area contributed by atoms with Gasteiger partial charge in [-0.05, 0) is 55.3 Å². The van der Waals surface area contributed by atoms with Crippen LogP contribution >= 0.6 is 0 Å². The third-order valence-electron chi connectivity index (χ3n) is 4.47. The third-order valence-corrected chi connectivity index (χ3v) is 4.47. The molecule has 2 aromatic carbocycles. The van der Waals surface area contributed by atoms with Crippen molar-refractivity contribution in [3.05, 3.63) is 70.8 Å². The van der Waals surface area contributed by atoms with Crippen molar-refractivity contribution < 1.29 is 23.0 Å². The van der Waals surface area contributed by atoms with Gasteiger partial charge in [0.1, 0.15) is 23.2 Å². The Morgan fingerprint density at radius 1 is 1.21 bits per heavy atom. The predicted octanol–water partition coefficient (Wildman–Crippen LogP) is 2.69. The van der Waals surface area contributed by atoms with E-state index in [2.05, 4.69) is 15.4 Å². The molecule has 0 saturated heterocycles. The molecule has 0 atom stereocenters. The summed E-state index contributed by atoms with van der Waals surface area (Å²) in [5, 5.41) is 6.92. The molecular weight excluding hydrogens is 382 g/mol. The van der Waals surface area contributed by atoms with Crippen LogP contribution in [0.3, 0.4) is 0 Å². The van der Waals surface area contributed by atoms with Gasteiger partial charge in [-0.3, -0.25) is 4.79 Å². The fourth-order valence-electron chi connectivity index (χ4n) is 3.15. The normalized spacial score (nSPS) is 12.9. The number of nitrogens with zero attached hydrogens (tertiary/aromatic N) is 3. The molecule has 1 amide bonds. The Kier molecular flexibility index (Phi) is 5.22. The summed E-state index contributed by atoms with van der Waals surface area (Å²) in [6.07, 6.45) is 0.378. The van der Waals surface area contributed by atoms with Crippen LogP contribution in [0.25, 0.3) is 5.69 Å². The van der Waals surface area contributed by atoms with Gasteiger partial charge in [0.15, 0.2) is 6.79 Å². The zero-order valence-corrected chi connectivity index (χ0v) is 15.6. The molecule has 3 aromatic rings. The van der Waals surface area contributed by atoms with E-state index < -0.39 is 5.91 Å². The lowest BCUT2D eigenvalue weighted by atomic mass is 10.1. The van der Waals surface area contributed by atoms with E-state index in [0.29, 0.717) is 34.8 Å². The standard InChI is InChI=1S/C20H18F2N4O3/c1-12-24-19(25-26(12)17-4-2-15(21)3-5-17)20(27)23-7-6-13-8-16(22)9-14-10-28-11-29-18(13)14/h2-5,8-9H,6-7,10-11H2,1H3,(H,23,27). The summed E-state index contributed by atoms with van der Waals surface area (Å²) < 4.78 is 39.0. The topological polar surface area (TPSA) is 78.3 Å². The fraction of sp³-hybridized carbons (Fsp3) is 0.250. The number of amides is 1. The van der Waals surface area contributed by atoms with Crippen molar-refractivity contribution in [2.24, 2.45) is 0 Å². The molecule has 0 saturated carbocycles. The van der Waals surface area contributed by atoms with Crippen molar-refractivity contribution in [2.75, 3.05) is 13.3 Å². The number of nitrogens with one attached hydrogen (secondary N) is 1. The second-order valence-corrected chi connectivity index (χ2v) is 6.54. The summed E-state index contributed by atoms with van der Waals surface area (Å²) in [5.74, 6) is -0.105. The molecule has 29 heavy (non-hydrogen) atoms. The van der Waals surface area contributed by atoms with Gasteiger partial charge in [0, 0.05) is 12.1 Å². The molecule has 0 radical (unpaired) electrons. The molecule has 1 N–H and O–H groups in total. The molecule has 0 spiro atoms. The van der Waals surface area contributed by atoms with Crippen LogP contribution in [-0.4, -0.2) is 34.0 Å². The number of hydrogen-bond acceptors (Lipinski definition) is 5. The number of ether oxygens (including phenoxy) is 2. The Bertz CT molecular complexity index is 1050. The third kappa shape index (κ3) is 4.09. The molecule has 9 heteroatoms. The zero-order chi connectivity index (χ0) is 20.4. The van der Waals surface area contributed by atoms with Gasteiger partial charge in [-0.1, -0.05) is 0 Å². The highest BCUT2D eigenvalue weighted by molar-refractivity contribution is 5.90. The quantitative estimate of drug-likeness (QED) is 0.713. The zero-order valence-electron chi connectivity index (χ0n) is 15.6. The molecule has 4 rings (SSSR count). The molecule has 1 aromatic heterocycles. The van der Waals surface area contributed by atoms with Gasteiger partial charge in [-0.15, -0.1) is 5.10 Å². The van der Waals surface area contributed by atoms with Crippen LogP contribution in [0.4, 0.5) is 8.78 Å². The van der Waals surface area contributed by atoms with Gasteiger partial charge in [0.2, 0.25) is 5.82 Å². The van der Waals surface area contributed by atoms with E-state index in [1.807, 2.05) is 0 Å². The van der Waals surface area contributed by atoms with Crippen molar-refractivity contribution in [1.29, 1.82) is 0 Å².